The monoisotopic (exact) mass is 388 g/mol. The maximum absolute atomic E-state index is 12.6. The molecule has 2 rings (SSSR count). The van der Waals surface area contributed by atoms with Crippen LogP contribution in [0.25, 0.3) is 0 Å². The summed E-state index contributed by atoms with van der Waals surface area (Å²) in [4.78, 5) is 12.6. The van der Waals surface area contributed by atoms with Crippen LogP contribution in [0.3, 0.4) is 0 Å². The number of aryl methyl sites for hydroxylation is 4. The van der Waals surface area contributed by atoms with E-state index in [-0.39, 0.29) is 18.5 Å². The molecular weight excluding hydrogens is 360 g/mol. The molecule has 0 aliphatic carbocycles. The molecule has 146 valence electrons. The average Bonchev–Trinajstić information content (AvgIpc) is 2.52. The molecular formula is C21H28N2O3S. The summed E-state index contributed by atoms with van der Waals surface area (Å²) in [6.45, 7) is 9.46. The van der Waals surface area contributed by atoms with Crippen LogP contribution in [-0.2, 0) is 14.8 Å². The molecule has 27 heavy (non-hydrogen) atoms. The van der Waals surface area contributed by atoms with Gasteiger partial charge in [0, 0.05) is 0 Å². The Morgan fingerprint density at radius 3 is 2.07 bits per heavy atom. The van der Waals surface area contributed by atoms with Crippen molar-refractivity contribution in [2.45, 2.75) is 40.7 Å². The second kappa shape index (κ2) is 8.13. The first-order chi connectivity index (χ1) is 12.5. The van der Waals surface area contributed by atoms with Crippen molar-refractivity contribution in [2.24, 2.45) is 0 Å². The number of nitrogens with zero attached hydrogens (tertiary/aromatic N) is 1. The Kier molecular flexibility index (Phi) is 6.31. The average molecular weight is 389 g/mol. The number of hydrogen-bond acceptors (Lipinski definition) is 3. The maximum atomic E-state index is 12.6. The molecule has 1 amide bonds. The number of carbonyl (C=O) groups is 1. The predicted molar refractivity (Wildman–Crippen MR) is 111 cm³/mol. The zero-order chi connectivity index (χ0) is 20.4. The Morgan fingerprint density at radius 2 is 1.56 bits per heavy atom. The molecule has 0 aliphatic rings. The van der Waals surface area contributed by atoms with Gasteiger partial charge in [-0.3, -0.25) is 9.10 Å². The lowest BCUT2D eigenvalue weighted by Gasteiger charge is -2.25. The molecule has 0 bridgehead atoms. The van der Waals surface area contributed by atoms with Crippen LogP contribution in [0.1, 0.15) is 40.8 Å². The zero-order valence-corrected chi connectivity index (χ0v) is 17.6. The second-order valence-electron chi connectivity index (χ2n) is 7.21. The quantitative estimate of drug-likeness (QED) is 0.823. The molecule has 0 aliphatic heterocycles. The first kappa shape index (κ1) is 21.0. The van der Waals surface area contributed by atoms with Crippen molar-refractivity contribution in [3.63, 3.8) is 0 Å². The number of nitrogens with one attached hydrogen (secondary N) is 1. The lowest BCUT2D eigenvalue weighted by Crippen LogP contribution is -2.41. The fourth-order valence-corrected chi connectivity index (χ4v) is 4.19. The Labute approximate surface area is 162 Å². The first-order valence-corrected chi connectivity index (χ1v) is 10.8. The van der Waals surface area contributed by atoms with Gasteiger partial charge in [-0.15, -0.1) is 0 Å². The third-order valence-electron chi connectivity index (χ3n) is 4.58. The molecule has 0 aromatic heterocycles. The van der Waals surface area contributed by atoms with Gasteiger partial charge in [-0.25, -0.2) is 8.42 Å². The Bertz CT molecular complexity index is 952. The Hall–Kier alpha value is -2.34. The van der Waals surface area contributed by atoms with Crippen LogP contribution in [0.15, 0.2) is 36.4 Å². The molecule has 0 saturated carbocycles. The second-order valence-corrected chi connectivity index (χ2v) is 9.12. The van der Waals surface area contributed by atoms with E-state index >= 15 is 0 Å². The van der Waals surface area contributed by atoms with Crippen molar-refractivity contribution >= 4 is 21.6 Å². The highest BCUT2D eigenvalue weighted by Gasteiger charge is 2.23. The molecule has 2 aromatic rings. The summed E-state index contributed by atoms with van der Waals surface area (Å²) in [7, 11) is -3.59. The van der Waals surface area contributed by atoms with E-state index in [1.54, 1.807) is 6.07 Å². The standard InChI is InChI=1S/C21H28N2O3S/c1-14-7-9-19(16(3)11-14)18(5)22-21(24)13-23(27(6,25)26)20-10-8-15(2)12-17(20)4/h7-12,18H,13H2,1-6H3,(H,22,24). The van der Waals surface area contributed by atoms with E-state index in [4.69, 9.17) is 0 Å². The smallest absolute Gasteiger partial charge is 0.241 e. The molecule has 2 aromatic carbocycles. The van der Waals surface area contributed by atoms with Gasteiger partial charge in [0.2, 0.25) is 15.9 Å². The van der Waals surface area contributed by atoms with Gasteiger partial charge in [0.15, 0.2) is 0 Å². The van der Waals surface area contributed by atoms with Gasteiger partial charge in [0.05, 0.1) is 18.0 Å². The van der Waals surface area contributed by atoms with Crippen LogP contribution in [0.4, 0.5) is 5.69 Å². The van der Waals surface area contributed by atoms with Gasteiger partial charge in [0.1, 0.15) is 6.54 Å². The van der Waals surface area contributed by atoms with Crippen LogP contribution in [0.2, 0.25) is 0 Å². The summed E-state index contributed by atoms with van der Waals surface area (Å²) >= 11 is 0. The van der Waals surface area contributed by atoms with E-state index in [0.717, 1.165) is 38.4 Å². The molecule has 1 unspecified atom stereocenters. The van der Waals surface area contributed by atoms with Crippen LogP contribution >= 0.6 is 0 Å². The van der Waals surface area contributed by atoms with E-state index in [9.17, 15) is 13.2 Å². The van der Waals surface area contributed by atoms with Crippen molar-refractivity contribution in [3.8, 4) is 0 Å². The number of carbonyl (C=O) groups excluding carboxylic acids is 1. The van der Waals surface area contributed by atoms with E-state index < -0.39 is 10.0 Å². The van der Waals surface area contributed by atoms with Crippen LogP contribution in [-0.4, -0.2) is 27.1 Å². The number of sulfonamides is 1. The molecule has 0 spiro atoms. The fraction of sp³-hybridized carbons (Fsp3) is 0.381. The highest BCUT2D eigenvalue weighted by molar-refractivity contribution is 7.92. The van der Waals surface area contributed by atoms with Crippen molar-refractivity contribution in [1.29, 1.82) is 0 Å². The third-order valence-corrected chi connectivity index (χ3v) is 5.70. The normalized spacial score (nSPS) is 12.5. The summed E-state index contributed by atoms with van der Waals surface area (Å²) < 4.78 is 25.8. The summed E-state index contributed by atoms with van der Waals surface area (Å²) in [5, 5.41) is 2.91. The minimum Gasteiger partial charge on any atom is -0.348 e. The number of hydrogen-bond donors (Lipinski definition) is 1. The molecule has 5 nitrogen and oxygen atoms in total. The molecule has 0 fully saturated rings. The number of amides is 1. The lowest BCUT2D eigenvalue weighted by atomic mass is 10.0. The number of rotatable bonds is 6. The van der Waals surface area contributed by atoms with Gasteiger partial charge < -0.3 is 5.32 Å². The van der Waals surface area contributed by atoms with E-state index in [2.05, 4.69) is 11.4 Å². The van der Waals surface area contributed by atoms with Gasteiger partial charge in [0.25, 0.3) is 0 Å². The van der Waals surface area contributed by atoms with Crippen molar-refractivity contribution < 1.29 is 13.2 Å². The van der Waals surface area contributed by atoms with Crippen molar-refractivity contribution in [2.75, 3.05) is 17.1 Å². The van der Waals surface area contributed by atoms with E-state index in [1.807, 2.05) is 58.9 Å². The maximum Gasteiger partial charge on any atom is 0.241 e. The highest BCUT2D eigenvalue weighted by Crippen LogP contribution is 2.24. The fourth-order valence-electron chi connectivity index (χ4n) is 3.27. The van der Waals surface area contributed by atoms with Gasteiger partial charge in [-0.2, -0.15) is 0 Å². The van der Waals surface area contributed by atoms with Crippen LogP contribution in [0.5, 0.6) is 0 Å². The zero-order valence-electron chi connectivity index (χ0n) is 16.8. The molecule has 0 radical (unpaired) electrons. The molecule has 0 saturated heterocycles. The Morgan fingerprint density at radius 1 is 1.00 bits per heavy atom. The van der Waals surface area contributed by atoms with Crippen molar-refractivity contribution in [3.05, 3.63) is 64.2 Å². The van der Waals surface area contributed by atoms with Gasteiger partial charge >= 0.3 is 0 Å². The summed E-state index contributed by atoms with van der Waals surface area (Å²) in [5.41, 5.74) is 5.65. The predicted octanol–water partition coefficient (Wildman–Crippen LogP) is 3.56. The molecule has 0 heterocycles. The van der Waals surface area contributed by atoms with Crippen molar-refractivity contribution in [1.82, 2.24) is 5.32 Å². The Balaban J connectivity index is 2.21. The van der Waals surface area contributed by atoms with Gasteiger partial charge in [-0.05, 0) is 57.4 Å². The minimum absolute atomic E-state index is 0.210. The van der Waals surface area contributed by atoms with Crippen LogP contribution < -0.4 is 9.62 Å². The molecule has 1 N–H and O–H groups in total. The molecule has 6 heteroatoms. The first-order valence-electron chi connectivity index (χ1n) is 8.90. The van der Waals surface area contributed by atoms with E-state index in [0.29, 0.717) is 5.69 Å². The minimum atomic E-state index is -3.59. The highest BCUT2D eigenvalue weighted by atomic mass is 32.2. The summed E-state index contributed by atoms with van der Waals surface area (Å²) in [5.74, 6) is -0.340. The molecule has 1 atom stereocenters. The number of anilines is 1. The number of benzene rings is 2. The summed E-state index contributed by atoms with van der Waals surface area (Å²) in [6, 6.07) is 11.3. The third kappa shape index (κ3) is 5.32. The SMILES string of the molecule is Cc1ccc(C(C)NC(=O)CN(c2ccc(C)cc2C)S(C)(=O)=O)c(C)c1. The van der Waals surface area contributed by atoms with Crippen LogP contribution in [0, 0.1) is 27.7 Å². The lowest BCUT2D eigenvalue weighted by molar-refractivity contribution is -0.120. The van der Waals surface area contributed by atoms with E-state index in [1.165, 1.54) is 0 Å². The summed E-state index contributed by atoms with van der Waals surface area (Å²) in [6.07, 6.45) is 1.12. The largest absolute Gasteiger partial charge is 0.348 e. The topological polar surface area (TPSA) is 66.5 Å². The van der Waals surface area contributed by atoms with Gasteiger partial charge in [-0.1, -0.05) is 41.5 Å².